The maximum absolute atomic E-state index is 12.7. The molecule has 0 atom stereocenters. The average molecular weight is 302 g/mol. The molecular formula is C13H19O4PS. The van der Waals surface area contributed by atoms with E-state index in [0.29, 0.717) is 5.31 Å². The predicted octanol–water partition coefficient (Wildman–Crippen LogP) is 4.33. The van der Waals surface area contributed by atoms with Crippen LogP contribution in [0.5, 0.6) is 0 Å². The van der Waals surface area contributed by atoms with Gasteiger partial charge in [0.05, 0.1) is 18.5 Å². The van der Waals surface area contributed by atoms with Gasteiger partial charge in [-0.05, 0) is 38.3 Å². The third-order valence-corrected chi connectivity index (χ3v) is 5.24. The Bertz CT molecular complexity index is 469. The first kappa shape index (κ1) is 16.3. The average Bonchev–Trinajstić information content (AvgIpc) is 2.81. The van der Waals surface area contributed by atoms with E-state index < -0.39 is 7.60 Å². The summed E-state index contributed by atoms with van der Waals surface area (Å²) in [5.74, 6) is -0.0672. The van der Waals surface area contributed by atoms with Crippen molar-refractivity contribution in [1.29, 1.82) is 0 Å². The molecule has 19 heavy (non-hydrogen) atoms. The number of hydrogen-bond acceptors (Lipinski definition) is 5. The van der Waals surface area contributed by atoms with Crippen molar-refractivity contribution >= 4 is 30.8 Å². The highest BCUT2D eigenvalue weighted by molar-refractivity contribution is 7.58. The van der Waals surface area contributed by atoms with Gasteiger partial charge in [0.15, 0.2) is 0 Å². The Hall–Kier alpha value is -0.740. The lowest BCUT2D eigenvalue weighted by molar-refractivity contribution is -0.116. The van der Waals surface area contributed by atoms with Crippen LogP contribution < -0.4 is 0 Å². The molecule has 6 heteroatoms. The fourth-order valence-electron chi connectivity index (χ4n) is 1.56. The van der Waals surface area contributed by atoms with Crippen LogP contribution in [0.4, 0.5) is 0 Å². The number of allylic oxidation sites excluding steroid dienone is 1. The highest BCUT2D eigenvalue weighted by Gasteiger charge is 2.30. The van der Waals surface area contributed by atoms with Gasteiger partial charge in [0.1, 0.15) is 5.78 Å². The third-order valence-electron chi connectivity index (χ3n) is 2.23. The van der Waals surface area contributed by atoms with Crippen LogP contribution in [-0.2, 0) is 18.4 Å². The van der Waals surface area contributed by atoms with E-state index in [4.69, 9.17) is 9.05 Å². The minimum absolute atomic E-state index is 0.0672. The number of hydrogen-bond donors (Lipinski definition) is 0. The Balaban J connectivity index is 3.13. The van der Waals surface area contributed by atoms with Crippen LogP contribution >= 0.6 is 18.9 Å². The fraction of sp³-hybridized carbons (Fsp3) is 0.462. The molecule has 0 radical (unpaired) electrons. The van der Waals surface area contributed by atoms with E-state index in [1.165, 1.54) is 18.3 Å². The number of ketones is 1. The van der Waals surface area contributed by atoms with Gasteiger partial charge in [-0.2, -0.15) is 0 Å². The van der Waals surface area contributed by atoms with E-state index in [-0.39, 0.29) is 25.4 Å². The van der Waals surface area contributed by atoms with Gasteiger partial charge in [0.25, 0.3) is 0 Å². The Morgan fingerprint density at radius 1 is 1.37 bits per heavy atom. The van der Waals surface area contributed by atoms with E-state index in [1.807, 2.05) is 17.5 Å². The molecule has 1 aromatic rings. The molecule has 0 unspecified atom stereocenters. The number of carbonyl (C=O) groups excluding carboxylic acids is 1. The van der Waals surface area contributed by atoms with E-state index >= 15 is 0 Å². The molecular weight excluding hydrogens is 283 g/mol. The molecule has 106 valence electrons. The fourth-order valence-corrected chi connectivity index (χ4v) is 4.13. The van der Waals surface area contributed by atoms with Crippen molar-refractivity contribution in [2.45, 2.75) is 27.2 Å². The Morgan fingerprint density at radius 2 is 2.00 bits per heavy atom. The lowest BCUT2D eigenvalue weighted by Crippen LogP contribution is -2.02. The monoisotopic (exact) mass is 302 g/mol. The Kier molecular flexibility index (Phi) is 6.66. The first-order valence-corrected chi connectivity index (χ1v) is 8.57. The van der Waals surface area contributed by atoms with Gasteiger partial charge in [-0.15, -0.1) is 11.3 Å². The summed E-state index contributed by atoms with van der Waals surface area (Å²) in [7, 11) is -3.38. The maximum atomic E-state index is 12.7. The molecule has 1 aromatic heterocycles. The van der Waals surface area contributed by atoms with Crippen LogP contribution in [0, 0.1) is 0 Å². The first-order chi connectivity index (χ1) is 9.01. The van der Waals surface area contributed by atoms with Crippen molar-refractivity contribution in [2.75, 3.05) is 13.2 Å². The highest BCUT2D eigenvalue weighted by Crippen LogP contribution is 2.58. The van der Waals surface area contributed by atoms with Crippen LogP contribution in [0.25, 0.3) is 6.08 Å². The van der Waals surface area contributed by atoms with Gasteiger partial charge in [0, 0.05) is 11.3 Å². The van der Waals surface area contributed by atoms with Crippen molar-refractivity contribution in [2.24, 2.45) is 0 Å². The van der Waals surface area contributed by atoms with Gasteiger partial charge >= 0.3 is 7.60 Å². The van der Waals surface area contributed by atoms with Gasteiger partial charge < -0.3 is 9.05 Å². The van der Waals surface area contributed by atoms with Crippen molar-refractivity contribution in [3.05, 3.63) is 27.7 Å². The summed E-state index contributed by atoms with van der Waals surface area (Å²) in [6.07, 6.45) is 1.81. The summed E-state index contributed by atoms with van der Waals surface area (Å²) in [4.78, 5) is 12.3. The largest absolute Gasteiger partial charge is 0.357 e. The van der Waals surface area contributed by atoms with Crippen molar-refractivity contribution in [1.82, 2.24) is 0 Å². The van der Waals surface area contributed by atoms with Crippen LogP contribution in [0.2, 0.25) is 0 Å². The summed E-state index contributed by atoms with van der Waals surface area (Å²) < 4.78 is 23.3. The molecule has 0 spiro atoms. The van der Waals surface area contributed by atoms with Crippen LogP contribution in [0.3, 0.4) is 0 Å². The van der Waals surface area contributed by atoms with E-state index in [1.54, 1.807) is 19.9 Å². The van der Waals surface area contributed by atoms with Crippen LogP contribution in [-0.4, -0.2) is 19.0 Å². The standard InChI is InChI=1S/C13H19O4PS/c1-4-16-18(15,17-5-2)12(9-11(3)14)10-13-7-6-8-19-13/h6-8,10H,4-5,9H2,1-3H3/b12-10+. The molecule has 0 amide bonds. The van der Waals surface area contributed by atoms with Crippen molar-refractivity contribution < 1.29 is 18.4 Å². The molecule has 4 nitrogen and oxygen atoms in total. The molecule has 0 aliphatic carbocycles. The lowest BCUT2D eigenvalue weighted by Gasteiger charge is -2.19. The Labute approximate surface area is 118 Å². The number of carbonyl (C=O) groups is 1. The molecule has 0 saturated heterocycles. The second kappa shape index (κ2) is 7.75. The molecule has 1 heterocycles. The topological polar surface area (TPSA) is 52.6 Å². The second-order valence-electron chi connectivity index (χ2n) is 3.86. The summed E-state index contributed by atoms with van der Waals surface area (Å²) in [5.41, 5.74) is 0. The van der Waals surface area contributed by atoms with E-state index in [9.17, 15) is 9.36 Å². The minimum atomic E-state index is -3.38. The molecule has 0 aromatic carbocycles. The third kappa shape index (κ3) is 5.03. The van der Waals surface area contributed by atoms with Crippen molar-refractivity contribution in [3.63, 3.8) is 0 Å². The maximum Gasteiger partial charge on any atom is 0.357 e. The summed E-state index contributed by atoms with van der Waals surface area (Å²) >= 11 is 1.51. The van der Waals surface area contributed by atoms with Gasteiger partial charge in [0.2, 0.25) is 0 Å². The highest BCUT2D eigenvalue weighted by atomic mass is 32.1. The van der Waals surface area contributed by atoms with Crippen molar-refractivity contribution in [3.8, 4) is 0 Å². The minimum Gasteiger partial charge on any atom is -0.306 e. The Morgan fingerprint density at radius 3 is 2.42 bits per heavy atom. The van der Waals surface area contributed by atoms with E-state index in [2.05, 4.69) is 0 Å². The zero-order valence-corrected chi connectivity index (χ0v) is 13.1. The summed E-state index contributed by atoms with van der Waals surface area (Å²) in [6.45, 7) is 5.52. The second-order valence-corrected chi connectivity index (χ2v) is 6.93. The number of rotatable bonds is 8. The normalized spacial score (nSPS) is 12.7. The molecule has 0 aliphatic heterocycles. The van der Waals surface area contributed by atoms with Crippen LogP contribution in [0.15, 0.2) is 22.8 Å². The van der Waals surface area contributed by atoms with E-state index in [0.717, 1.165) is 4.88 Å². The summed E-state index contributed by atoms with van der Waals surface area (Å²) in [5, 5.41) is 2.34. The molecule has 0 bridgehead atoms. The van der Waals surface area contributed by atoms with Gasteiger partial charge in [-0.3, -0.25) is 9.36 Å². The van der Waals surface area contributed by atoms with Gasteiger partial charge in [-0.25, -0.2) is 0 Å². The molecule has 0 N–H and O–H groups in total. The number of thiophene rings is 1. The molecule has 0 fully saturated rings. The smallest absolute Gasteiger partial charge is 0.306 e. The molecule has 0 aliphatic rings. The first-order valence-electron chi connectivity index (χ1n) is 6.15. The zero-order chi connectivity index (χ0) is 14.3. The predicted molar refractivity (Wildman–Crippen MR) is 78.5 cm³/mol. The molecule has 0 saturated carbocycles. The number of Topliss-reactive ketones (excluding diaryl/α,β-unsaturated/α-hetero) is 1. The lowest BCUT2D eigenvalue weighted by atomic mass is 10.3. The van der Waals surface area contributed by atoms with Gasteiger partial charge in [-0.1, -0.05) is 6.07 Å². The molecule has 1 rings (SSSR count). The van der Waals surface area contributed by atoms with Crippen LogP contribution in [0.1, 0.15) is 32.1 Å². The summed E-state index contributed by atoms with van der Waals surface area (Å²) in [6, 6.07) is 3.79. The quantitative estimate of drug-likeness (QED) is 0.670. The zero-order valence-electron chi connectivity index (χ0n) is 11.4. The SMILES string of the molecule is CCOP(=O)(OCC)/C(=C/c1cccs1)CC(C)=O.